The molecule has 1 aliphatic heterocycles. The summed E-state index contributed by atoms with van der Waals surface area (Å²) in [6, 6.07) is 18.4. The molecule has 176 valence electrons. The van der Waals surface area contributed by atoms with Crippen LogP contribution < -0.4 is 20.1 Å². The van der Waals surface area contributed by atoms with Crippen molar-refractivity contribution in [1.82, 2.24) is 15.5 Å². The van der Waals surface area contributed by atoms with Crippen molar-refractivity contribution >= 4 is 29.9 Å². The fourth-order valence-corrected chi connectivity index (χ4v) is 3.60. The van der Waals surface area contributed by atoms with Crippen molar-refractivity contribution in [2.24, 2.45) is 4.99 Å². The third kappa shape index (κ3) is 8.14. The summed E-state index contributed by atoms with van der Waals surface area (Å²) in [4.78, 5) is 6.83. The average molecular weight is 554 g/mol. The third-order valence-corrected chi connectivity index (χ3v) is 5.31. The zero-order valence-corrected chi connectivity index (χ0v) is 21.5. The Bertz CT molecular complexity index is 799. The highest BCUT2D eigenvalue weighted by atomic mass is 127. The molecule has 0 aromatic heterocycles. The molecule has 0 saturated carbocycles. The second-order valence-corrected chi connectivity index (χ2v) is 7.51. The third-order valence-electron chi connectivity index (χ3n) is 5.31. The molecule has 2 N–H and O–H groups in total. The van der Waals surface area contributed by atoms with Crippen molar-refractivity contribution in [1.29, 1.82) is 0 Å². The minimum Gasteiger partial charge on any atom is -0.497 e. The van der Waals surface area contributed by atoms with E-state index in [-0.39, 0.29) is 36.1 Å². The molecule has 8 heteroatoms. The van der Waals surface area contributed by atoms with E-state index < -0.39 is 0 Å². The van der Waals surface area contributed by atoms with Gasteiger partial charge in [-0.25, -0.2) is 0 Å². The predicted molar refractivity (Wildman–Crippen MR) is 139 cm³/mol. The molecule has 0 spiro atoms. The molecule has 1 saturated heterocycles. The first-order valence-corrected chi connectivity index (χ1v) is 10.8. The first-order valence-electron chi connectivity index (χ1n) is 10.8. The van der Waals surface area contributed by atoms with Crippen molar-refractivity contribution in [3.8, 4) is 11.5 Å². The number of ether oxygens (including phenoxy) is 3. The molecule has 0 radical (unpaired) electrons. The second kappa shape index (κ2) is 14.2. The summed E-state index contributed by atoms with van der Waals surface area (Å²) in [5, 5.41) is 6.85. The number of para-hydroxylation sites is 1. The zero-order chi connectivity index (χ0) is 21.9. The number of nitrogens with one attached hydrogen (secondary N) is 2. The van der Waals surface area contributed by atoms with E-state index in [0.717, 1.165) is 50.3 Å². The minimum atomic E-state index is 0. The van der Waals surface area contributed by atoms with Crippen LogP contribution >= 0.6 is 24.0 Å². The number of methoxy groups -OCH3 is 1. The molecule has 0 amide bonds. The van der Waals surface area contributed by atoms with Crippen LogP contribution in [0.5, 0.6) is 11.5 Å². The van der Waals surface area contributed by atoms with Gasteiger partial charge in [0, 0.05) is 26.7 Å². The zero-order valence-electron chi connectivity index (χ0n) is 19.1. The van der Waals surface area contributed by atoms with Gasteiger partial charge < -0.3 is 24.8 Å². The Morgan fingerprint density at radius 1 is 1.00 bits per heavy atom. The summed E-state index contributed by atoms with van der Waals surface area (Å²) in [5.41, 5.74) is 1.24. The first kappa shape index (κ1) is 26.2. The predicted octanol–water partition coefficient (Wildman–Crippen LogP) is 3.32. The molecular formula is C24H35IN4O3. The lowest BCUT2D eigenvalue weighted by molar-refractivity contribution is 0.0170. The fraction of sp³-hybridized carbons (Fsp3) is 0.458. The molecule has 3 rings (SSSR count). The highest BCUT2D eigenvalue weighted by Crippen LogP contribution is 2.23. The lowest BCUT2D eigenvalue weighted by atomic mass is 10.0. The quantitative estimate of drug-likeness (QED) is 0.282. The summed E-state index contributed by atoms with van der Waals surface area (Å²) in [5.74, 6) is 2.49. The van der Waals surface area contributed by atoms with Crippen LogP contribution in [0, 0.1) is 0 Å². The molecule has 32 heavy (non-hydrogen) atoms. The van der Waals surface area contributed by atoms with E-state index >= 15 is 0 Å². The number of halogens is 1. The van der Waals surface area contributed by atoms with Gasteiger partial charge in [0.1, 0.15) is 17.6 Å². The van der Waals surface area contributed by atoms with Crippen LogP contribution in [-0.4, -0.2) is 70.5 Å². The van der Waals surface area contributed by atoms with Crippen molar-refractivity contribution in [3.05, 3.63) is 60.2 Å². The van der Waals surface area contributed by atoms with Crippen molar-refractivity contribution < 1.29 is 14.2 Å². The van der Waals surface area contributed by atoms with Crippen LogP contribution in [0.2, 0.25) is 0 Å². The van der Waals surface area contributed by atoms with Gasteiger partial charge in [0.25, 0.3) is 0 Å². The van der Waals surface area contributed by atoms with E-state index in [1.807, 2.05) is 49.4 Å². The Morgan fingerprint density at radius 2 is 1.66 bits per heavy atom. The van der Waals surface area contributed by atoms with Gasteiger partial charge in [-0.1, -0.05) is 30.3 Å². The average Bonchev–Trinajstić information content (AvgIpc) is 2.83. The van der Waals surface area contributed by atoms with E-state index in [1.165, 1.54) is 5.56 Å². The number of nitrogens with zero attached hydrogens (tertiary/aromatic N) is 2. The van der Waals surface area contributed by atoms with E-state index in [1.54, 1.807) is 14.2 Å². The monoisotopic (exact) mass is 554 g/mol. The molecular weight excluding hydrogens is 519 g/mol. The molecule has 2 aromatic carbocycles. The smallest absolute Gasteiger partial charge is 0.191 e. The largest absolute Gasteiger partial charge is 0.497 e. The lowest BCUT2D eigenvalue weighted by Crippen LogP contribution is -2.47. The fourth-order valence-electron chi connectivity index (χ4n) is 3.60. The maximum absolute atomic E-state index is 5.94. The Kier molecular flexibility index (Phi) is 11.6. The van der Waals surface area contributed by atoms with Crippen LogP contribution in [0.25, 0.3) is 0 Å². The van der Waals surface area contributed by atoms with E-state index in [2.05, 4.69) is 32.7 Å². The molecule has 7 nitrogen and oxygen atoms in total. The van der Waals surface area contributed by atoms with Gasteiger partial charge in [-0.3, -0.25) is 9.89 Å². The van der Waals surface area contributed by atoms with Gasteiger partial charge in [-0.15, -0.1) is 24.0 Å². The molecule has 1 aliphatic rings. The maximum atomic E-state index is 5.94. The topological polar surface area (TPSA) is 67.4 Å². The van der Waals surface area contributed by atoms with E-state index in [9.17, 15) is 0 Å². The van der Waals surface area contributed by atoms with Crippen LogP contribution in [0.1, 0.15) is 18.5 Å². The van der Waals surface area contributed by atoms with Crippen molar-refractivity contribution in [3.63, 3.8) is 0 Å². The second-order valence-electron chi connectivity index (χ2n) is 7.51. The number of aliphatic imine (C=N–C) groups is 1. The molecule has 2 aromatic rings. The van der Waals surface area contributed by atoms with Crippen molar-refractivity contribution in [2.75, 3.05) is 53.6 Å². The molecule has 0 aliphatic carbocycles. The molecule has 1 fully saturated rings. The summed E-state index contributed by atoms with van der Waals surface area (Å²) in [6.07, 6.45) is 0.0116. The number of morpholine rings is 1. The van der Waals surface area contributed by atoms with Crippen LogP contribution in [0.15, 0.2) is 59.6 Å². The highest BCUT2D eigenvalue weighted by Gasteiger charge is 2.23. The Morgan fingerprint density at radius 3 is 2.28 bits per heavy atom. The van der Waals surface area contributed by atoms with Gasteiger partial charge in [0.2, 0.25) is 0 Å². The van der Waals surface area contributed by atoms with Gasteiger partial charge in [-0.05, 0) is 36.8 Å². The Balaban J connectivity index is 0.00000363. The number of rotatable bonds is 9. The lowest BCUT2D eigenvalue weighted by Gasteiger charge is -2.35. The standard InChI is InChI=1S/C24H34N4O3.HI/c1-19(31-22-7-5-4-6-8-22)17-26-24(25-2)27-18-23(28-13-15-30-16-14-28)20-9-11-21(29-3)12-10-20;/h4-12,19,23H,13-18H2,1-3H3,(H2,25,26,27);1H. The molecule has 2 unspecified atom stereocenters. The molecule has 0 bridgehead atoms. The van der Waals surface area contributed by atoms with Crippen molar-refractivity contribution in [2.45, 2.75) is 19.1 Å². The van der Waals surface area contributed by atoms with Crippen LogP contribution in [0.3, 0.4) is 0 Å². The number of hydrogen-bond acceptors (Lipinski definition) is 5. The number of benzene rings is 2. The maximum Gasteiger partial charge on any atom is 0.191 e. The summed E-state index contributed by atoms with van der Waals surface area (Å²) in [6.45, 7) is 6.76. The number of hydrogen-bond donors (Lipinski definition) is 2. The normalized spacial score (nSPS) is 16.4. The summed E-state index contributed by atoms with van der Waals surface area (Å²) < 4.78 is 16.8. The SMILES string of the molecule is CN=C(NCC(C)Oc1ccccc1)NCC(c1ccc(OC)cc1)N1CCOCC1.I. The van der Waals surface area contributed by atoms with E-state index in [4.69, 9.17) is 14.2 Å². The number of guanidine groups is 1. The van der Waals surface area contributed by atoms with Crippen LogP contribution in [0.4, 0.5) is 0 Å². The minimum absolute atomic E-state index is 0. The highest BCUT2D eigenvalue weighted by molar-refractivity contribution is 14.0. The van der Waals surface area contributed by atoms with E-state index in [0.29, 0.717) is 6.54 Å². The Hall–Kier alpha value is -2.04. The summed E-state index contributed by atoms with van der Waals surface area (Å²) in [7, 11) is 3.48. The summed E-state index contributed by atoms with van der Waals surface area (Å²) >= 11 is 0. The Labute approximate surface area is 208 Å². The molecule has 1 heterocycles. The van der Waals surface area contributed by atoms with Gasteiger partial charge in [0.05, 0.1) is 32.9 Å². The van der Waals surface area contributed by atoms with Gasteiger partial charge >= 0.3 is 0 Å². The van der Waals surface area contributed by atoms with Crippen LogP contribution in [-0.2, 0) is 4.74 Å². The first-order chi connectivity index (χ1) is 15.2. The van der Waals surface area contributed by atoms with Gasteiger partial charge in [0.15, 0.2) is 5.96 Å². The molecule has 2 atom stereocenters. The van der Waals surface area contributed by atoms with Gasteiger partial charge in [-0.2, -0.15) is 0 Å².